The Hall–Kier alpha value is -4.02. The number of amides is 3. The lowest BCUT2D eigenvalue weighted by molar-refractivity contribution is -0.159. The number of nitrogens with one attached hydrogen (secondary N) is 1. The maximum atomic E-state index is 14.8. The van der Waals surface area contributed by atoms with E-state index >= 15 is 0 Å². The van der Waals surface area contributed by atoms with Crippen molar-refractivity contribution in [3.8, 4) is 0 Å². The van der Waals surface area contributed by atoms with Crippen molar-refractivity contribution in [2.24, 2.45) is 11.8 Å². The van der Waals surface area contributed by atoms with Crippen molar-refractivity contribution in [3.63, 3.8) is 0 Å². The third kappa shape index (κ3) is 6.99. The fourth-order valence-corrected chi connectivity index (χ4v) is 7.53. The van der Waals surface area contributed by atoms with Gasteiger partial charge in [-0.2, -0.15) is 0 Å². The number of esters is 1. The topological polar surface area (TPSA) is 125 Å². The molecule has 6 atom stereocenters. The SMILES string of the molecule is C=CCCC(=O)NC[C@@H](C)OC(=O)[C@@H]1[C@@H]2CC[C@]3(O2)[C@H](C(=O)N(CC=C)c2ccc4ccccc4c2)N(CCCCCCO)C(=O)[C@@H]13. The zero-order chi connectivity index (χ0) is 33.6. The lowest BCUT2D eigenvalue weighted by Crippen LogP contribution is -2.56. The number of likely N-dealkylation sites (tertiary alicyclic amines) is 1. The van der Waals surface area contributed by atoms with Crippen molar-refractivity contribution in [1.29, 1.82) is 0 Å². The van der Waals surface area contributed by atoms with E-state index in [0.717, 1.165) is 23.6 Å². The molecule has 0 saturated carbocycles. The van der Waals surface area contributed by atoms with Crippen LogP contribution < -0.4 is 10.2 Å². The summed E-state index contributed by atoms with van der Waals surface area (Å²) >= 11 is 0. The monoisotopic (exact) mass is 645 g/mol. The number of carbonyl (C=O) groups excluding carboxylic acids is 4. The molecule has 47 heavy (non-hydrogen) atoms. The molecule has 0 radical (unpaired) electrons. The number of unbranched alkanes of at least 4 members (excludes halogenated alkanes) is 3. The number of hydrogen-bond acceptors (Lipinski definition) is 7. The molecule has 252 valence electrons. The van der Waals surface area contributed by atoms with Crippen LogP contribution in [-0.2, 0) is 28.7 Å². The lowest BCUT2D eigenvalue weighted by Gasteiger charge is -2.37. The van der Waals surface area contributed by atoms with Crippen LogP contribution in [0.1, 0.15) is 58.3 Å². The van der Waals surface area contributed by atoms with E-state index < -0.39 is 41.7 Å². The van der Waals surface area contributed by atoms with Crippen LogP contribution in [0.4, 0.5) is 5.69 Å². The van der Waals surface area contributed by atoms with Gasteiger partial charge in [0.2, 0.25) is 11.8 Å². The highest BCUT2D eigenvalue weighted by Crippen LogP contribution is 2.59. The van der Waals surface area contributed by atoms with Gasteiger partial charge in [-0.3, -0.25) is 19.2 Å². The Morgan fingerprint density at radius 1 is 1.13 bits per heavy atom. The Kier molecular flexibility index (Phi) is 11.1. The Labute approximate surface area is 276 Å². The highest BCUT2D eigenvalue weighted by atomic mass is 16.6. The molecule has 2 N–H and O–H groups in total. The Balaban J connectivity index is 1.41. The second kappa shape index (κ2) is 15.3. The molecule has 10 heteroatoms. The first-order valence-electron chi connectivity index (χ1n) is 16.8. The summed E-state index contributed by atoms with van der Waals surface area (Å²) in [5.74, 6) is -2.94. The van der Waals surface area contributed by atoms with Gasteiger partial charge in [-0.15, -0.1) is 13.2 Å². The quantitative estimate of drug-likeness (QED) is 0.149. The van der Waals surface area contributed by atoms with Crippen molar-refractivity contribution in [3.05, 3.63) is 67.8 Å². The maximum Gasteiger partial charge on any atom is 0.312 e. The molecule has 3 amide bonds. The molecule has 0 aliphatic carbocycles. The van der Waals surface area contributed by atoms with Gasteiger partial charge >= 0.3 is 5.97 Å². The average molecular weight is 646 g/mol. The van der Waals surface area contributed by atoms with Gasteiger partial charge in [0.1, 0.15) is 17.7 Å². The summed E-state index contributed by atoms with van der Waals surface area (Å²) in [6.07, 6.45) is 6.95. The molecule has 0 unspecified atom stereocenters. The van der Waals surface area contributed by atoms with Crippen molar-refractivity contribution in [1.82, 2.24) is 10.2 Å². The number of allylic oxidation sites excluding steroid dienone is 1. The molecule has 3 heterocycles. The van der Waals surface area contributed by atoms with Crippen LogP contribution in [0.15, 0.2) is 67.8 Å². The average Bonchev–Trinajstić information content (AvgIpc) is 3.72. The zero-order valence-corrected chi connectivity index (χ0v) is 27.3. The number of nitrogens with zero attached hydrogens (tertiary/aromatic N) is 2. The van der Waals surface area contributed by atoms with Crippen LogP contribution in [0.25, 0.3) is 10.8 Å². The van der Waals surface area contributed by atoms with Crippen LogP contribution in [0.3, 0.4) is 0 Å². The molecule has 3 aliphatic rings. The van der Waals surface area contributed by atoms with Gasteiger partial charge in [0.05, 0.1) is 24.5 Å². The fourth-order valence-electron chi connectivity index (χ4n) is 7.53. The summed E-state index contributed by atoms with van der Waals surface area (Å²) in [7, 11) is 0. The predicted molar refractivity (Wildman–Crippen MR) is 179 cm³/mol. The van der Waals surface area contributed by atoms with E-state index in [0.29, 0.717) is 50.8 Å². The molecule has 2 bridgehead atoms. The number of aliphatic hydroxyl groups is 1. The summed E-state index contributed by atoms with van der Waals surface area (Å²) in [5.41, 5.74) is -0.470. The standard InChI is InChI=1S/C37H47N3O7/c1-4-6-15-30(42)38-24-25(3)46-36(45)31-29-18-19-37(47-29)32(31)34(43)40(21-11-7-8-12-22-41)33(37)35(44)39(20-5-2)28-17-16-26-13-9-10-14-27(26)23-28/h4-5,9-10,13-14,16-17,23,25,29,31-33,41H,1-2,6-8,11-12,15,18-22,24H2,3H3,(H,38,42)/t25-,29+,31-,32-,33+,37-/m1/s1. The number of rotatable bonds is 17. The maximum absolute atomic E-state index is 14.8. The number of benzene rings is 2. The summed E-state index contributed by atoms with van der Waals surface area (Å²) in [5, 5.41) is 14.0. The highest BCUT2D eigenvalue weighted by Gasteiger charge is 2.75. The van der Waals surface area contributed by atoms with Crippen LogP contribution in [-0.4, -0.2) is 83.8 Å². The van der Waals surface area contributed by atoms with Crippen molar-refractivity contribution in [2.45, 2.75) is 82.1 Å². The first-order chi connectivity index (χ1) is 22.7. The van der Waals surface area contributed by atoms with E-state index in [1.807, 2.05) is 42.5 Å². The van der Waals surface area contributed by atoms with Crippen molar-refractivity contribution >= 4 is 40.2 Å². The van der Waals surface area contributed by atoms with E-state index in [4.69, 9.17) is 9.47 Å². The molecule has 0 aromatic heterocycles. The number of fused-ring (bicyclic) bond motifs is 2. The van der Waals surface area contributed by atoms with Gasteiger partial charge in [0.15, 0.2) is 0 Å². The second-order valence-corrected chi connectivity index (χ2v) is 12.9. The number of ether oxygens (including phenoxy) is 2. The molecular weight excluding hydrogens is 598 g/mol. The van der Waals surface area contributed by atoms with Crippen LogP contribution >= 0.6 is 0 Å². The first-order valence-corrected chi connectivity index (χ1v) is 16.8. The van der Waals surface area contributed by atoms with Gasteiger partial charge in [-0.1, -0.05) is 55.3 Å². The van der Waals surface area contributed by atoms with E-state index in [9.17, 15) is 24.3 Å². The third-order valence-corrected chi connectivity index (χ3v) is 9.72. The Morgan fingerprint density at radius 2 is 1.89 bits per heavy atom. The number of aliphatic hydroxyl groups excluding tert-OH is 1. The minimum Gasteiger partial charge on any atom is -0.460 e. The summed E-state index contributed by atoms with van der Waals surface area (Å²) in [6.45, 7) is 10.1. The summed E-state index contributed by atoms with van der Waals surface area (Å²) < 4.78 is 12.4. The number of carbonyl (C=O) groups is 4. The third-order valence-electron chi connectivity index (χ3n) is 9.72. The molecule has 3 fully saturated rings. The molecular formula is C37H47N3O7. The first kappa shape index (κ1) is 34.3. The molecule has 10 nitrogen and oxygen atoms in total. The predicted octanol–water partition coefficient (Wildman–Crippen LogP) is 4.30. The fraction of sp³-hybridized carbons (Fsp3) is 0.514. The Morgan fingerprint density at radius 3 is 2.64 bits per heavy atom. The normalized spacial score (nSPS) is 25.0. The molecule has 3 aliphatic heterocycles. The number of anilines is 1. The molecule has 1 spiro atoms. The minimum absolute atomic E-state index is 0.104. The van der Waals surface area contributed by atoms with Crippen LogP contribution in [0.2, 0.25) is 0 Å². The van der Waals surface area contributed by atoms with Crippen LogP contribution in [0.5, 0.6) is 0 Å². The molecule has 5 rings (SSSR count). The van der Waals surface area contributed by atoms with E-state index in [-0.39, 0.29) is 37.4 Å². The van der Waals surface area contributed by atoms with Gasteiger partial charge in [-0.05, 0) is 61.9 Å². The Bertz CT molecular complexity index is 1490. The molecule has 2 aromatic carbocycles. The minimum atomic E-state index is -1.16. The smallest absolute Gasteiger partial charge is 0.312 e. The van der Waals surface area contributed by atoms with Gasteiger partial charge in [0.25, 0.3) is 5.91 Å². The highest BCUT2D eigenvalue weighted by molar-refractivity contribution is 6.05. The summed E-state index contributed by atoms with van der Waals surface area (Å²) in [4.78, 5) is 58.2. The lowest BCUT2D eigenvalue weighted by atomic mass is 9.70. The molecule has 2 aromatic rings. The number of hydrogen-bond donors (Lipinski definition) is 2. The largest absolute Gasteiger partial charge is 0.460 e. The zero-order valence-electron chi connectivity index (χ0n) is 27.3. The van der Waals surface area contributed by atoms with Gasteiger partial charge < -0.3 is 29.7 Å². The van der Waals surface area contributed by atoms with E-state index in [1.54, 1.807) is 28.9 Å². The van der Waals surface area contributed by atoms with Crippen molar-refractivity contribution in [2.75, 3.05) is 31.1 Å². The van der Waals surface area contributed by atoms with E-state index in [2.05, 4.69) is 18.5 Å². The van der Waals surface area contributed by atoms with E-state index in [1.165, 1.54) is 0 Å². The van der Waals surface area contributed by atoms with Crippen molar-refractivity contribution < 1.29 is 33.8 Å². The second-order valence-electron chi connectivity index (χ2n) is 12.9. The van der Waals surface area contributed by atoms with Gasteiger partial charge in [0, 0.05) is 31.8 Å². The summed E-state index contributed by atoms with van der Waals surface area (Å²) in [6, 6.07) is 12.8. The van der Waals surface area contributed by atoms with Gasteiger partial charge in [-0.25, -0.2) is 0 Å². The van der Waals surface area contributed by atoms with Crippen LogP contribution in [0, 0.1) is 11.8 Å². The molecule has 3 saturated heterocycles.